The Morgan fingerprint density at radius 1 is 1.21 bits per heavy atom. The number of alkyl halides is 1. The Hall–Kier alpha value is -1.58. The fourth-order valence-electron chi connectivity index (χ4n) is 5.70. The van der Waals surface area contributed by atoms with E-state index in [4.69, 9.17) is 0 Å². The minimum absolute atomic E-state index is 0.0419. The van der Waals surface area contributed by atoms with Gasteiger partial charge >= 0.3 is 0 Å². The largest absolute Gasteiger partial charge is 0.396 e. The first kappa shape index (κ1) is 25.5. The zero-order chi connectivity index (χ0) is 24.7. The molecule has 0 saturated carbocycles. The number of carbonyl (C=O) groups is 3. The van der Waals surface area contributed by atoms with E-state index in [9.17, 15) is 19.5 Å². The summed E-state index contributed by atoms with van der Waals surface area (Å²) in [5.41, 5.74) is 0.565. The van der Waals surface area contributed by atoms with Crippen LogP contribution in [0.3, 0.4) is 0 Å². The second-order valence-corrected chi connectivity index (χ2v) is 13.3. The zero-order valence-corrected chi connectivity index (χ0v) is 22.3. The van der Waals surface area contributed by atoms with Crippen molar-refractivity contribution in [3.8, 4) is 0 Å². The van der Waals surface area contributed by atoms with E-state index in [-0.39, 0.29) is 34.4 Å². The molecule has 3 unspecified atom stereocenters. The zero-order valence-electron chi connectivity index (χ0n) is 19.9. The minimum Gasteiger partial charge on any atom is -0.396 e. The van der Waals surface area contributed by atoms with Crippen LogP contribution in [-0.2, 0) is 20.9 Å². The highest BCUT2D eigenvalue weighted by atomic mass is 79.9. The number of rotatable bonds is 8. The molecule has 4 rings (SSSR count). The Morgan fingerprint density at radius 2 is 1.91 bits per heavy atom. The standard InChI is InChI=1S/C25H34BrN3O4S/c1-24(2,3)28-22(32)20-25-13-16(26)19(34-25)17(18(25)23(33)29(20)11-7-8-12-30)21(31)27-14-15-9-5-4-6-10-15/h4-6,9-10,16-20,30H,7-8,11-14H2,1-3H3,(H,27,31)(H,28,32)/t16?,17-,18-,19-,20?,25?/m0/s1. The maximum absolute atomic E-state index is 13.8. The van der Waals surface area contributed by atoms with E-state index in [0.717, 1.165) is 5.56 Å². The fraction of sp³-hybridized carbons (Fsp3) is 0.640. The molecule has 186 valence electrons. The number of aliphatic hydroxyl groups is 1. The normalized spacial score (nSPS) is 32.1. The van der Waals surface area contributed by atoms with Crippen LogP contribution in [0.4, 0.5) is 0 Å². The molecule has 3 aliphatic rings. The molecule has 1 aromatic rings. The molecule has 34 heavy (non-hydrogen) atoms. The van der Waals surface area contributed by atoms with Gasteiger partial charge in [-0.05, 0) is 45.6 Å². The van der Waals surface area contributed by atoms with Crippen molar-refractivity contribution in [3.05, 3.63) is 35.9 Å². The van der Waals surface area contributed by atoms with E-state index in [1.165, 1.54) is 0 Å². The molecule has 3 heterocycles. The summed E-state index contributed by atoms with van der Waals surface area (Å²) < 4.78 is -0.640. The number of aliphatic hydroxyl groups excluding tert-OH is 1. The summed E-state index contributed by atoms with van der Waals surface area (Å²) in [6.45, 7) is 6.64. The first-order valence-electron chi connectivity index (χ1n) is 12.0. The lowest BCUT2D eigenvalue weighted by atomic mass is 9.70. The molecule has 3 saturated heterocycles. The molecule has 2 bridgehead atoms. The van der Waals surface area contributed by atoms with Crippen LogP contribution in [0.5, 0.6) is 0 Å². The number of amides is 3. The summed E-state index contributed by atoms with van der Waals surface area (Å²) in [7, 11) is 0. The number of thioether (sulfide) groups is 1. The van der Waals surface area contributed by atoms with Crippen LogP contribution < -0.4 is 10.6 Å². The van der Waals surface area contributed by atoms with Crippen molar-refractivity contribution >= 4 is 45.4 Å². The predicted octanol–water partition coefficient (Wildman–Crippen LogP) is 2.45. The fourth-order valence-corrected chi connectivity index (χ4v) is 9.32. The number of nitrogens with one attached hydrogen (secondary N) is 2. The average molecular weight is 553 g/mol. The van der Waals surface area contributed by atoms with Gasteiger partial charge in [0.2, 0.25) is 17.7 Å². The van der Waals surface area contributed by atoms with Gasteiger partial charge in [0.05, 0.1) is 16.6 Å². The third-order valence-corrected chi connectivity index (χ3v) is 10.2. The summed E-state index contributed by atoms with van der Waals surface area (Å²) in [6.07, 6.45) is 1.84. The van der Waals surface area contributed by atoms with Crippen LogP contribution in [0, 0.1) is 11.8 Å². The number of carbonyl (C=O) groups excluding carboxylic acids is 3. The molecule has 3 fully saturated rings. The van der Waals surface area contributed by atoms with Gasteiger partial charge in [-0.2, -0.15) is 0 Å². The van der Waals surface area contributed by atoms with E-state index in [1.807, 2.05) is 51.1 Å². The summed E-state index contributed by atoms with van der Waals surface area (Å²) in [6, 6.07) is 9.08. The van der Waals surface area contributed by atoms with Gasteiger partial charge in [0.25, 0.3) is 0 Å². The molecule has 6 atom stereocenters. The van der Waals surface area contributed by atoms with Crippen LogP contribution in [0.25, 0.3) is 0 Å². The molecule has 7 nitrogen and oxygen atoms in total. The Labute approximate surface area is 213 Å². The maximum Gasteiger partial charge on any atom is 0.244 e. The number of hydrogen-bond acceptors (Lipinski definition) is 5. The average Bonchev–Trinajstić information content (AvgIpc) is 3.35. The highest BCUT2D eigenvalue weighted by Crippen LogP contribution is 2.67. The Kier molecular flexibility index (Phi) is 7.37. The first-order chi connectivity index (χ1) is 16.1. The van der Waals surface area contributed by atoms with Gasteiger partial charge in [0, 0.05) is 35.3 Å². The topological polar surface area (TPSA) is 98.7 Å². The van der Waals surface area contributed by atoms with E-state index in [2.05, 4.69) is 26.6 Å². The molecule has 0 aliphatic carbocycles. The van der Waals surface area contributed by atoms with Crippen LogP contribution in [0.1, 0.15) is 45.6 Å². The van der Waals surface area contributed by atoms with Crippen molar-refractivity contribution < 1.29 is 19.5 Å². The van der Waals surface area contributed by atoms with Gasteiger partial charge < -0.3 is 20.6 Å². The highest BCUT2D eigenvalue weighted by Gasteiger charge is 2.75. The third kappa shape index (κ3) is 4.63. The smallest absolute Gasteiger partial charge is 0.244 e. The lowest BCUT2D eigenvalue weighted by Crippen LogP contribution is -2.57. The molecular weight excluding hydrogens is 518 g/mol. The molecule has 3 amide bonds. The van der Waals surface area contributed by atoms with E-state index in [0.29, 0.717) is 32.4 Å². The second kappa shape index (κ2) is 9.82. The minimum atomic E-state index is -0.640. The Bertz CT molecular complexity index is 940. The van der Waals surface area contributed by atoms with Crippen molar-refractivity contribution in [1.82, 2.24) is 15.5 Å². The van der Waals surface area contributed by atoms with E-state index in [1.54, 1.807) is 16.7 Å². The molecule has 3 aliphatic heterocycles. The first-order valence-corrected chi connectivity index (χ1v) is 13.8. The SMILES string of the molecule is CC(C)(C)NC(=O)C1N(CCCCO)C(=O)[C@@H]2[C@H](C(=O)NCc3ccccc3)[C@H]3SC12CC3Br. The van der Waals surface area contributed by atoms with Crippen molar-refractivity contribution in [2.24, 2.45) is 11.8 Å². The van der Waals surface area contributed by atoms with Gasteiger partial charge in [-0.15, -0.1) is 11.8 Å². The summed E-state index contributed by atoms with van der Waals surface area (Å²) in [5.74, 6) is -1.42. The van der Waals surface area contributed by atoms with Gasteiger partial charge in [-0.1, -0.05) is 46.3 Å². The number of nitrogens with zero attached hydrogens (tertiary/aromatic N) is 1. The molecule has 3 N–H and O–H groups in total. The quantitative estimate of drug-likeness (QED) is 0.340. The van der Waals surface area contributed by atoms with Crippen molar-refractivity contribution in [2.75, 3.05) is 13.2 Å². The second-order valence-electron chi connectivity index (χ2n) is 10.6. The summed E-state index contributed by atoms with van der Waals surface area (Å²) >= 11 is 5.42. The van der Waals surface area contributed by atoms with Gasteiger partial charge in [0.1, 0.15) is 6.04 Å². The molecular formula is C25H34BrN3O4S. The molecule has 1 spiro atoms. The summed E-state index contributed by atoms with van der Waals surface area (Å²) in [5, 5.41) is 15.3. The van der Waals surface area contributed by atoms with Crippen LogP contribution in [0.2, 0.25) is 0 Å². The van der Waals surface area contributed by atoms with E-state index < -0.39 is 28.2 Å². The molecule has 0 radical (unpaired) electrons. The predicted molar refractivity (Wildman–Crippen MR) is 136 cm³/mol. The lowest BCUT2D eigenvalue weighted by molar-refractivity contribution is -0.140. The summed E-state index contributed by atoms with van der Waals surface area (Å²) in [4.78, 5) is 42.6. The number of unbranched alkanes of at least 4 members (excludes halogenated alkanes) is 1. The van der Waals surface area contributed by atoms with Gasteiger partial charge in [-0.25, -0.2) is 0 Å². The third-order valence-electron chi connectivity index (χ3n) is 6.96. The van der Waals surface area contributed by atoms with Crippen LogP contribution in [0.15, 0.2) is 30.3 Å². The Balaban J connectivity index is 1.63. The van der Waals surface area contributed by atoms with Crippen molar-refractivity contribution in [3.63, 3.8) is 0 Å². The van der Waals surface area contributed by atoms with Crippen molar-refractivity contribution in [2.45, 2.75) is 73.0 Å². The number of fused-ring (bicyclic) bond motifs is 1. The molecule has 1 aromatic carbocycles. The lowest BCUT2D eigenvalue weighted by Gasteiger charge is -2.36. The molecule has 9 heteroatoms. The van der Waals surface area contributed by atoms with E-state index >= 15 is 0 Å². The van der Waals surface area contributed by atoms with Crippen LogP contribution >= 0.6 is 27.7 Å². The van der Waals surface area contributed by atoms with Crippen molar-refractivity contribution in [1.29, 1.82) is 0 Å². The van der Waals surface area contributed by atoms with Crippen LogP contribution in [-0.4, -0.2) is 67.3 Å². The van der Waals surface area contributed by atoms with Gasteiger partial charge in [0.15, 0.2) is 0 Å². The Morgan fingerprint density at radius 3 is 2.56 bits per heavy atom. The molecule has 0 aromatic heterocycles. The number of hydrogen-bond donors (Lipinski definition) is 3. The highest BCUT2D eigenvalue weighted by molar-refractivity contribution is 9.09. The number of likely N-dealkylation sites (tertiary alicyclic amines) is 1. The monoisotopic (exact) mass is 551 g/mol. The number of benzene rings is 1. The number of halogens is 1. The maximum atomic E-state index is 13.8. The van der Waals surface area contributed by atoms with Gasteiger partial charge in [-0.3, -0.25) is 14.4 Å².